The third-order valence-corrected chi connectivity index (χ3v) is 3.87. The first-order chi connectivity index (χ1) is 10.2. The van der Waals surface area contributed by atoms with Crippen molar-refractivity contribution >= 4 is 11.7 Å². The third kappa shape index (κ3) is 3.91. The summed E-state index contributed by atoms with van der Waals surface area (Å²) in [6.07, 6.45) is 4.22. The number of amides is 1. The maximum absolute atomic E-state index is 12.5. The van der Waals surface area contributed by atoms with Crippen molar-refractivity contribution in [1.29, 1.82) is 0 Å². The van der Waals surface area contributed by atoms with Gasteiger partial charge in [0.05, 0.1) is 12.4 Å². The SMILES string of the molecule is CCCNc1cncc(C(=O)N2CCN(CC)C(C)C2)n1. The zero-order valence-electron chi connectivity index (χ0n) is 13.2. The van der Waals surface area contributed by atoms with E-state index in [4.69, 9.17) is 0 Å². The molecule has 1 unspecified atom stereocenters. The Bertz CT molecular complexity index is 479. The number of aromatic nitrogens is 2. The molecule has 1 atom stereocenters. The molecule has 1 saturated heterocycles. The fourth-order valence-corrected chi connectivity index (χ4v) is 2.62. The van der Waals surface area contributed by atoms with Crippen LogP contribution in [0.15, 0.2) is 12.4 Å². The highest BCUT2D eigenvalue weighted by atomic mass is 16.2. The fourth-order valence-electron chi connectivity index (χ4n) is 2.62. The summed E-state index contributed by atoms with van der Waals surface area (Å²) in [5.41, 5.74) is 0.424. The highest BCUT2D eigenvalue weighted by molar-refractivity contribution is 5.92. The number of hydrogen-bond acceptors (Lipinski definition) is 5. The average Bonchev–Trinajstić information content (AvgIpc) is 2.52. The minimum Gasteiger partial charge on any atom is -0.369 e. The van der Waals surface area contributed by atoms with Crippen molar-refractivity contribution < 1.29 is 4.79 Å². The summed E-state index contributed by atoms with van der Waals surface area (Å²) in [4.78, 5) is 25.3. The van der Waals surface area contributed by atoms with Crippen LogP contribution < -0.4 is 5.32 Å². The molecule has 116 valence electrons. The first-order valence-electron chi connectivity index (χ1n) is 7.75. The van der Waals surface area contributed by atoms with Crippen molar-refractivity contribution in [3.8, 4) is 0 Å². The molecule has 1 N–H and O–H groups in total. The summed E-state index contributed by atoms with van der Waals surface area (Å²) in [7, 11) is 0. The molecule has 1 fully saturated rings. The number of carbonyl (C=O) groups excluding carboxylic acids is 1. The number of likely N-dealkylation sites (N-methyl/N-ethyl adjacent to an activating group) is 1. The first kappa shape index (κ1) is 15.7. The van der Waals surface area contributed by atoms with E-state index < -0.39 is 0 Å². The molecule has 1 aromatic rings. The molecule has 1 amide bonds. The zero-order chi connectivity index (χ0) is 15.2. The van der Waals surface area contributed by atoms with Crippen LogP contribution in [0.1, 0.15) is 37.7 Å². The van der Waals surface area contributed by atoms with Gasteiger partial charge in [0.25, 0.3) is 5.91 Å². The van der Waals surface area contributed by atoms with E-state index in [2.05, 4.69) is 41.0 Å². The first-order valence-corrected chi connectivity index (χ1v) is 7.75. The molecule has 0 aliphatic carbocycles. The van der Waals surface area contributed by atoms with E-state index in [0.29, 0.717) is 17.6 Å². The molecule has 1 aliphatic heterocycles. The Kier molecular flexibility index (Phi) is 5.50. The Morgan fingerprint density at radius 3 is 2.86 bits per heavy atom. The topological polar surface area (TPSA) is 61.4 Å². The second-order valence-electron chi connectivity index (χ2n) is 5.45. The van der Waals surface area contributed by atoms with Gasteiger partial charge in [0.2, 0.25) is 0 Å². The number of nitrogens with zero attached hydrogens (tertiary/aromatic N) is 4. The lowest BCUT2D eigenvalue weighted by Crippen LogP contribution is -2.53. The van der Waals surface area contributed by atoms with Crippen molar-refractivity contribution in [1.82, 2.24) is 19.8 Å². The number of nitrogens with one attached hydrogen (secondary N) is 1. The lowest BCUT2D eigenvalue weighted by Gasteiger charge is -2.39. The Morgan fingerprint density at radius 2 is 2.19 bits per heavy atom. The van der Waals surface area contributed by atoms with E-state index in [1.54, 1.807) is 12.4 Å². The van der Waals surface area contributed by atoms with Crippen LogP contribution in [0.2, 0.25) is 0 Å². The summed E-state index contributed by atoms with van der Waals surface area (Å²) in [5.74, 6) is 0.646. The van der Waals surface area contributed by atoms with Crippen LogP contribution in [0.3, 0.4) is 0 Å². The number of carbonyl (C=O) groups is 1. The molecule has 0 saturated carbocycles. The Morgan fingerprint density at radius 1 is 1.38 bits per heavy atom. The molecule has 0 radical (unpaired) electrons. The normalized spacial score (nSPS) is 19.6. The quantitative estimate of drug-likeness (QED) is 0.890. The molecule has 2 rings (SSSR count). The van der Waals surface area contributed by atoms with Crippen molar-refractivity contribution in [3.63, 3.8) is 0 Å². The largest absolute Gasteiger partial charge is 0.369 e. The number of hydrogen-bond donors (Lipinski definition) is 1. The smallest absolute Gasteiger partial charge is 0.274 e. The molecule has 6 heteroatoms. The lowest BCUT2D eigenvalue weighted by molar-refractivity contribution is 0.0522. The predicted molar refractivity (Wildman–Crippen MR) is 83.4 cm³/mol. The Labute approximate surface area is 126 Å². The molecule has 0 bridgehead atoms. The van der Waals surface area contributed by atoms with Gasteiger partial charge in [-0.25, -0.2) is 4.98 Å². The number of piperazine rings is 1. The van der Waals surface area contributed by atoms with Crippen molar-refractivity contribution in [3.05, 3.63) is 18.1 Å². The van der Waals surface area contributed by atoms with E-state index in [9.17, 15) is 4.79 Å². The molecule has 6 nitrogen and oxygen atoms in total. The van der Waals surface area contributed by atoms with Crippen molar-refractivity contribution in [2.45, 2.75) is 33.2 Å². The van der Waals surface area contributed by atoms with Gasteiger partial charge >= 0.3 is 0 Å². The van der Waals surface area contributed by atoms with Crippen LogP contribution in [0.25, 0.3) is 0 Å². The van der Waals surface area contributed by atoms with Gasteiger partial charge in [-0.2, -0.15) is 0 Å². The molecule has 0 spiro atoms. The van der Waals surface area contributed by atoms with Gasteiger partial charge in [-0.15, -0.1) is 0 Å². The number of anilines is 1. The van der Waals surface area contributed by atoms with E-state index >= 15 is 0 Å². The molecular weight excluding hydrogens is 266 g/mol. The van der Waals surface area contributed by atoms with Gasteiger partial charge in [-0.3, -0.25) is 14.7 Å². The van der Waals surface area contributed by atoms with Crippen LogP contribution in [0.4, 0.5) is 5.82 Å². The highest BCUT2D eigenvalue weighted by Gasteiger charge is 2.27. The standard InChI is InChI=1S/C15H25N5O/c1-4-6-17-14-10-16-9-13(18-14)15(21)20-8-7-19(5-2)12(3)11-20/h9-10,12H,4-8,11H2,1-3H3,(H,17,18). The van der Waals surface area contributed by atoms with Gasteiger partial charge in [-0.05, 0) is 19.9 Å². The highest BCUT2D eigenvalue weighted by Crippen LogP contribution is 2.12. The third-order valence-electron chi connectivity index (χ3n) is 3.87. The summed E-state index contributed by atoms with van der Waals surface area (Å²) < 4.78 is 0. The minimum absolute atomic E-state index is 0.0229. The van der Waals surface area contributed by atoms with Gasteiger partial charge in [0.15, 0.2) is 0 Å². The van der Waals surface area contributed by atoms with Crippen LogP contribution in [-0.4, -0.2) is 64.4 Å². The van der Waals surface area contributed by atoms with E-state index in [0.717, 1.165) is 39.1 Å². The molecule has 2 heterocycles. The summed E-state index contributed by atoms with van der Waals surface area (Å²) in [5, 5.41) is 3.16. The summed E-state index contributed by atoms with van der Waals surface area (Å²) in [6, 6.07) is 0.391. The molecular formula is C15H25N5O. The summed E-state index contributed by atoms with van der Waals surface area (Å²) >= 11 is 0. The average molecular weight is 291 g/mol. The second-order valence-corrected chi connectivity index (χ2v) is 5.45. The molecule has 1 aliphatic rings. The minimum atomic E-state index is -0.0229. The lowest BCUT2D eigenvalue weighted by atomic mass is 10.2. The maximum atomic E-state index is 12.5. The number of rotatable bonds is 5. The van der Waals surface area contributed by atoms with Crippen LogP contribution in [-0.2, 0) is 0 Å². The van der Waals surface area contributed by atoms with Gasteiger partial charge < -0.3 is 10.2 Å². The molecule has 1 aromatic heterocycles. The van der Waals surface area contributed by atoms with E-state index in [-0.39, 0.29) is 5.91 Å². The summed E-state index contributed by atoms with van der Waals surface area (Å²) in [6.45, 7) is 10.7. The van der Waals surface area contributed by atoms with Gasteiger partial charge in [-0.1, -0.05) is 13.8 Å². The molecule has 21 heavy (non-hydrogen) atoms. The zero-order valence-corrected chi connectivity index (χ0v) is 13.2. The monoisotopic (exact) mass is 291 g/mol. The van der Waals surface area contributed by atoms with Gasteiger partial charge in [0, 0.05) is 32.2 Å². The van der Waals surface area contributed by atoms with Crippen LogP contribution >= 0.6 is 0 Å². The van der Waals surface area contributed by atoms with Crippen LogP contribution in [0, 0.1) is 0 Å². The fraction of sp³-hybridized carbons (Fsp3) is 0.667. The molecule has 0 aromatic carbocycles. The van der Waals surface area contributed by atoms with Crippen molar-refractivity contribution in [2.75, 3.05) is 38.0 Å². The van der Waals surface area contributed by atoms with E-state index in [1.807, 2.05) is 4.90 Å². The van der Waals surface area contributed by atoms with Crippen LogP contribution in [0.5, 0.6) is 0 Å². The second kappa shape index (κ2) is 7.36. The predicted octanol–water partition coefficient (Wildman–Crippen LogP) is 1.46. The van der Waals surface area contributed by atoms with Gasteiger partial charge in [0.1, 0.15) is 11.5 Å². The van der Waals surface area contributed by atoms with Crippen molar-refractivity contribution in [2.24, 2.45) is 0 Å². The Balaban J connectivity index is 2.03. The maximum Gasteiger partial charge on any atom is 0.274 e. The Hall–Kier alpha value is -1.69. The van der Waals surface area contributed by atoms with E-state index in [1.165, 1.54) is 0 Å².